The van der Waals surface area contributed by atoms with Gasteiger partial charge in [-0.05, 0) is 51.1 Å². The van der Waals surface area contributed by atoms with Gasteiger partial charge in [0.05, 0.1) is 0 Å². The van der Waals surface area contributed by atoms with Crippen LogP contribution in [0.25, 0.3) is 0 Å². The third-order valence-electron chi connectivity index (χ3n) is 4.44. The van der Waals surface area contributed by atoms with Crippen LogP contribution in [0.2, 0.25) is 0 Å². The van der Waals surface area contributed by atoms with Crippen molar-refractivity contribution in [1.29, 1.82) is 0 Å². The number of rotatable bonds is 2. The smallest absolute Gasteiger partial charge is 0.193 e. The molecule has 2 unspecified atom stereocenters. The summed E-state index contributed by atoms with van der Waals surface area (Å²) in [5.41, 5.74) is 0. The van der Waals surface area contributed by atoms with Gasteiger partial charge in [0.1, 0.15) is 0 Å². The second-order valence-corrected chi connectivity index (χ2v) is 6.39. The minimum absolute atomic E-state index is 0.776. The second-order valence-electron chi connectivity index (χ2n) is 6.39. The number of nitrogens with one attached hydrogen (secondary N) is 1. The van der Waals surface area contributed by atoms with E-state index in [0.717, 1.165) is 37.4 Å². The Morgan fingerprint density at radius 2 is 2.00 bits per heavy atom. The lowest BCUT2D eigenvalue weighted by atomic mass is 9.98. The summed E-state index contributed by atoms with van der Waals surface area (Å²) in [6.07, 6.45) is 5.35. The van der Waals surface area contributed by atoms with Gasteiger partial charge in [-0.1, -0.05) is 6.92 Å². The number of hydrogen-bond donors (Lipinski definition) is 1. The molecule has 0 bridgehead atoms. The van der Waals surface area contributed by atoms with Crippen LogP contribution in [0.1, 0.15) is 32.6 Å². The fraction of sp³-hybridized carbons (Fsp3) is 0.933. The first kappa shape index (κ1) is 14.6. The molecular weight excluding hydrogens is 236 g/mol. The highest BCUT2D eigenvalue weighted by Crippen LogP contribution is 2.16. The van der Waals surface area contributed by atoms with Gasteiger partial charge in [0, 0.05) is 33.2 Å². The molecule has 0 amide bonds. The van der Waals surface area contributed by atoms with Gasteiger partial charge < -0.3 is 15.1 Å². The quantitative estimate of drug-likeness (QED) is 0.609. The summed E-state index contributed by atoms with van der Waals surface area (Å²) in [5.74, 6) is 2.69. The molecule has 0 aromatic heterocycles. The molecule has 2 atom stereocenters. The molecule has 0 spiro atoms. The minimum atomic E-state index is 0.776. The van der Waals surface area contributed by atoms with Gasteiger partial charge in [-0.15, -0.1) is 0 Å². The first-order valence-corrected chi connectivity index (χ1v) is 7.83. The lowest BCUT2D eigenvalue weighted by Gasteiger charge is -2.35. The maximum atomic E-state index is 4.47. The summed E-state index contributed by atoms with van der Waals surface area (Å²) in [7, 11) is 4.14. The van der Waals surface area contributed by atoms with Crippen LogP contribution < -0.4 is 5.32 Å². The highest BCUT2D eigenvalue weighted by molar-refractivity contribution is 5.79. The standard InChI is InChI=1S/C15H30N4/c1-13-6-4-9-19(11-13)15(16-2)17-10-14-7-5-8-18(3)12-14/h13-14H,4-12H2,1-3H3,(H,16,17). The van der Waals surface area contributed by atoms with Crippen LogP contribution in [-0.2, 0) is 0 Å². The maximum absolute atomic E-state index is 4.47. The third kappa shape index (κ3) is 4.37. The topological polar surface area (TPSA) is 30.9 Å². The zero-order valence-electron chi connectivity index (χ0n) is 12.9. The second kappa shape index (κ2) is 7.13. The minimum Gasteiger partial charge on any atom is -0.356 e. The number of aliphatic imine (C=N–C) groups is 1. The number of piperidine rings is 2. The van der Waals surface area contributed by atoms with Crippen molar-refractivity contribution in [2.45, 2.75) is 32.6 Å². The third-order valence-corrected chi connectivity index (χ3v) is 4.44. The highest BCUT2D eigenvalue weighted by Gasteiger charge is 2.21. The Morgan fingerprint density at radius 3 is 2.68 bits per heavy atom. The average Bonchev–Trinajstić information content (AvgIpc) is 2.40. The molecule has 0 aliphatic carbocycles. The normalized spacial score (nSPS) is 30.5. The molecule has 0 aromatic carbocycles. The molecule has 2 aliphatic heterocycles. The van der Waals surface area contributed by atoms with Gasteiger partial charge in [0.2, 0.25) is 0 Å². The SMILES string of the molecule is CN=C(NCC1CCCN(C)C1)N1CCCC(C)C1. The fourth-order valence-corrected chi connectivity index (χ4v) is 3.39. The molecule has 2 aliphatic rings. The van der Waals surface area contributed by atoms with E-state index in [9.17, 15) is 0 Å². The molecule has 1 N–H and O–H groups in total. The summed E-state index contributed by atoms with van der Waals surface area (Å²) in [5, 5.41) is 3.60. The fourth-order valence-electron chi connectivity index (χ4n) is 3.39. The average molecular weight is 266 g/mol. The Bertz CT molecular complexity index is 303. The monoisotopic (exact) mass is 266 g/mol. The zero-order valence-corrected chi connectivity index (χ0v) is 12.9. The van der Waals surface area contributed by atoms with Crippen LogP contribution in [0, 0.1) is 11.8 Å². The van der Waals surface area contributed by atoms with Crippen LogP contribution in [0.15, 0.2) is 4.99 Å². The predicted octanol–water partition coefficient (Wildman–Crippen LogP) is 1.64. The summed E-state index contributed by atoms with van der Waals surface area (Å²) < 4.78 is 0. The van der Waals surface area contributed by atoms with E-state index < -0.39 is 0 Å². The largest absolute Gasteiger partial charge is 0.356 e. The molecule has 0 radical (unpaired) electrons. The van der Waals surface area contributed by atoms with E-state index in [4.69, 9.17) is 0 Å². The van der Waals surface area contributed by atoms with Crippen molar-refractivity contribution in [2.75, 3.05) is 46.8 Å². The Labute approximate surface area is 118 Å². The molecule has 110 valence electrons. The van der Waals surface area contributed by atoms with Crippen molar-refractivity contribution in [3.8, 4) is 0 Å². The van der Waals surface area contributed by atoms with E-state index in [1.165, 1.54) is 38.8 Å². The maximum Gasteiger partial charge on any atom is 0.193 e. The summed E-state index contributed by atoms with van der Waals surface area (Å²) >= 11 is 0. The van der Waals surface area contributed by atoms with Crippen molar-refractivity contribution < 1.29 is 0 Å². The van der Waals surface area contributed by atoms with Crippen molar-refractivity contribution in [1.82, 2.24) is 15.1 Å². The van der Waals surface area contributed by atoms with Gasteiger partial charge in [0.25, 0.3) is 0 Å². The molecule has 2 rings (SSSR count). The predicted molar refractivity (Wildman–Crippen MR) is 81.6 cm³/mol. The Morgan fingerprint density at radius 1 is 1.21 bits per heavy atom. The Hall–Kier alpha value is -0.770. The van der Waals surface area contributed by atoms with Gasteiger partial charge in [-0.25, -0.2) is 0 Å². The molecule has 0 saturated carbocycles. The molecule has 2 heterocycles. The van der Waals surface area contributed by atoms with E-state index in [-0.39, 0.29) is 0 Å². The van der Waals surface area contributed by atoms with E-state index in [0.29, 0.717) is 0 Å². The van der Waals surface area contributed by atoms with Crippen LogP contribution in [0.3, 0.4) is 0 Å². The molecular formula is C15H30N4. The van der Waals surface area contributed by atoms with Crippen molar-refractivity contribution >= 4 is 5.96 Å². The number of guanidine groups is 1. The van der Waals surface area contributed by atoms with Crippen LogP contribution in [-0.4, -0.2) is 62.6 Å². The molecule has 4 heteroatoms. The van der Waals surface area contributed by atoms with Crippen LogP contribution in [0.4, 0.5) is 0 Å². The molecule has 2 fully saturated rings. The molecule has 2 saturated heterocycles. The van der Waals surface area contributed by atoms with Gasteiger partial charge in [-0.2, -0.15) is 0 Å². The molecule has 19 heavy (non-hydrogen) atoms. The van der Waals surface area contributed by atoms with Gasteiger partial charge >= 0.3 is 0 Å². The van der Waals surface area contributed by atoms with Gasteiger partial charge in [0.15, 0.2) is 5.96 Å². The van der Waals surface area contributed by atoms with E-state index in [1.807, 2.05) is 7.05 Å². The summed E-state index contributed by atoms with van der Waals surface area (Å²) in [6.45, 7) is 8.21. The van der Waals surface area contributed by atoms with E-state index in [1.54, 1.807) is 0 Å². The van der Waals surface area contributed by atoms with Crippen LogP contribution in [0.5, 0.6) is 0 Å². The summed E-state index contributed by atoms with van der Waals surface area (Å²) in [6, 6.07) is 0. The summed E-state index contributed by atoms with van der Waals surface area (Å²) in [4.78, 5) is 9.34. The van der Waals surface area contributed by atoms with Crippen molar-refractivity contribution in [2.24, 2.45) is 16.8 Å². The van der Waals surface area contributed by atoms with E-state index >= 15 is 0 Å². The highest BCUT2D eigenvalue weighted by atomic mass is 15.3. The van der Waals surface area contributed by atoms with Crippen molar-refractivity contribution in [3.63, 3.8) is 0 Å². The first-order valence-electron chi connectivity index (χ1n) is 7.83. The number of likely N-dealkylation sites (tertiary alicyclic amines) is 2. The first-order chi connectivity index (χ1) is 9.19. The molecule has 4 nitrogen and oxygen atoms in total. The lowest BCUT2D eigenvalue weighted by molar-refractivity contribution is 0.207. The Balaban J connectivity index is 1.79. The van der Waals surface area contributed by atoms with Gasteiger partial charge in [-0.3, -0.25) is 4.99 Å². The van der Waals surface area contributed by atoms with E-state index in [2.05, 4.69) is 34.1 Å². The number of hydrogen-bond acceptors (Lipinski definition) is 2. The zero-order chi connectivity index (χ0) is 13.7. The molecule has 0 aromatic rings. The lowest BCUT2D eigenvalue weighted by Crippen LogP contribution is -2.48. The van der Waals surface area contributed by atoms with Crippen molar-refractivity contribution in [3.05, 3.63) is 0 Å². The van der Waals surface area contributed by atoms with Crippen LogP contribution >= 0.6 is 0 Å². The Kier molecular flexibility index (Phi) is 5.49. The number of nitrogens with zero attached hydrogens (tertiary/aromatic N) is 3.